The predicted molar refractivity (Wildman–Crippen MR) is 103 cm³/mol. The number of benzene rings is 1. The number of aromatic nitrogens is 1. The fraction of sp³-hybridized carbons (Fsp3) is 0.400. The first-order valence-electron chi connectivity index (χ1n) is 9.17. The van der Waals surface area contributed by atoms with Crippen molar-refractivity contribution in [3.8, 4) is 11.3 Å². The van der Waals surface area contributed by atoms with Crippen LogP contribution < -0.4 is 4.90 Å². The number of esters is 1. The van der Waals surface area contributed by atoms with Crippen LogP contribution in [0.25, 0.3) is 11.3 Å². The van der Waals surface area contributed by atoms with Crippen LogP contribution in [0.1, 0.15) is 27.8 Å². The summed E-state index contributed by atoms with van der Waals surface area (Å²) in [5.74, 6) is -1.23. The van der Waals surface area contributed by atoms with Gasteiger partial charge in [-0.05, 0) is 31.2 Å². The minimum atomic E-state index is -0.576. The summed E-state index contributed by atoms with van der Waals surface area (Å²) < 4.78 is 23.9. The van der Waals surface area contributed by atoms with Crippen molar-refractivity contribution in [1.82, 2.24) is 9.88 Å². The second-order valence-electron chi connectivity index (χ2n) is 6.62. The van der Waals surface area contributed by atoms with E-state index in [2.05, 4.69) is 4.98 Å². The van der Waals surface area contributed by atoms with Crippen LogP contribution in [-0.4, -0.2) is 68.8 Å². The number of nitrogens with one attached hydrogen (secondary N) is 1. The van der Waals surface area contributed by atoms with Crippen LogP contribution in [0.5, 0.6) is 0 Å². The van der Waals surface area contributed by atoms with E-state index < -0.39 is 5.97 Å². The van der Waals surface area contributed by atoms with Crippen LogP contribution in [-0.2, 0) is 9.47 Å². The lowest BCUT2D eigenvalue weighted by Crippen LogP contribution is -2.41. The minimum Gasteiger partial charge on any atom is -0.462 e. The zero-order chi connectivity index (χ0) is 20.3. The van der Waals surface area contributed by atoms with Gasteiger partial charge in [-0.25, -0.2) is 9.18 Å². The number of hydrogen-bond acceptors (Lipinski definition) is 5. The fourth-order valence-corrected chi connectivity index (χ4v) is 3.25. The summed E-state index contributed by atoms with van der Waals surface area (Å²) in [6.07, 6.45) is 0. The first-order valence-corrected chi connectivity index (χ1v) is 9.17. The number of hydrogen-bond donors (Lipinski definition) is 1. The molecule has 1 aliphatic heterocycles. The van der Waals surface area contributed by atoms with Gasteiger partial charge in [0.25, 0.3) is 5.91 Å². The fourth-order valence-electron chi connectivity index (χ4n) is 3.25. The van der Waals surface area contributed by atoms with Gasteiger partial charge in [-0.1, -0.05) is 0 Å². The van der Waals surface area contributed by atoms with Crippen LogP contribution in [0, 0.1) is 5.82 Å². The number of rotatable bonds is 5. The Labute approximate surface area is 163 Å². The van der Waals surface area contributed by atoms with E-state index >= 15 is 0 Å². The third-order valence-electron chi connectivity index (χ3n) is 4.55. The topological polar surface area (TPSA) is 74.9 Å². The summed E-state index contributed by atoms with van der Waals surface area (Å²) in [6, 6.07) is 5.88. The Morgan fingerprint density at radius 1 is 1.21 bits per heavy atom. The highest BCUT2D eigenvalue weighted by molar-refractivity contribution is 6.11. The predicted octanol–water partition coefficient (Wildman–Crippen LogP) is 2.54. The summed E-state index contributed by atoms with van der Waals surface area (Å²) in [4.78, 5) is 32.4. The molecule has 0 unspecified atom stereocenters. The number of carbonyl (C=O) groups excluding carboxylic acids is 2. The Balaban J connectivity index is 2.16. The van der Waals surface area contributed by atoms with Crippen molar-refractivity contribution in [1.29, 1.82) is 0 Å². The van der Waals surface area contributed by atoms with Gasteiger partial charge in [0.1, 0.15) is 17.1 Å². The highest BCUT2D eigenvalue weighted by atomic mass is 19.1. The molecule has 0 aliphatic carbocycles. The lowest BCUT2D eigenvalue weighted by Gasteiger charge is -2.26. The summed E-state index contributed by atoms with van der Waals surface area (Å²) in [5, 5.41) is 0. The molecule has 1 fully saturated rings. The Bertz CT molecular complexity index is 855. The van der Waals surface area contributed by atoms with Crippen molar-refractivity contribution < 1.29 is 23.5 Å². The molecule has 0 spiro atoms. The van der Waals surface area contributed by atoms with E-state index in [-0.39, 0.29) is 29.6 Å². The van der Waals surface area contributed by atoms with Crippen LogP contribution >= 0.6 is 0 Å². The van der Waals surface area contributed by atoms with E-state index in [1.54, 1.807) is 43.0 Å². The Kier molecular flexibility index (Phi) is 5.99. The Morgan fingerprint density at radius 3 is 2.43 bits per heavy atom. The van der Waals surface area contributed by atoms with Gasteiger partial charge in [-0.3, -0.25) is 4.79 Å². The normalized spacial score (nSPS) is 14.1. The number of carbonyl (C=O) groups is 2. The molecule has 0 saturated carbocycles. The minimum absolute atomic E-state index is 0.170. The van der Waals surface area contributed by atoms with Crippen LogP contribution in [0.2, 0.25) is 0 Å². The molecule has 8 heteroatoms. The van der Waals surface area contributed by atoms with Gasteiger partial charge >= 0.3 is 5.97 Å². The average Bonchev–Trinajstić information content (AvgIpc) is 3.10. The third kappa shape index (κ3) is 3.87. The van der Waals surface area contributed by atoms with Gasteiger partial charge in [0.15, 0.2) is 0 Å². The van der Waals surface area contributed by atoms with Gasteiger partial charge in [0.05, 0.1) is 31.2 Å². The number of morpholine rings is 1. The molecule has 2 heterocycles. The maximum Gasteiger partial charge on any atom is 0.342 e. The molecular formula is C20H24FN3O4. The number of aromatic amines is 1. The second-order valence-corrected chi connectivity index (χ2v) is 6.62. The number of ether oxygens (including phenoxy) is 2. The first-order chi connectivity index (χ1) is 13.4. The quantitative estimate of drug-likeness (QED) is 0.796. The zero-order valence-electron chi connectivity index (χ0n) is 16.3. The zero-order valence-corrected chi connectivity index (χ0v) is 16.3. The van der Waals surface area contributed by atoms with Crippen molar-refractivity contribution in [2.24, 2.45) is 0 Å². The molecule has 0 atom stereocenters. The SMILES string of the molecule is CCOC(=O)c1c(C(=O)N2CCOCC2)[nH]c(-c2ccc(F)cc2)c1N(C)C. The van der Waals surface area contributed by atoms with Crippen molar-refractivity contribution in [3.05, 3.63) is 41.3 Å². The number of nitrogens with zero attached hydrogens (tertiary/aromatic N) is 2. The van der Waals surface area contributed by atoms with Crippen molar-refractivity contribution in [2.75, 3.05) is 51.9 Å². The van der Waals surface area contributed by atoms with Gasteiger partial charge in [-0.15, -0.1) is 0 Å². The number of amides is 1. The van der Waals surface area contributed by atoms with E-state index in [0.717, 1.165) is 0 Å². The molecule has 1 saturated heterocycles. The van der Waals surface area contributed by atoms with Crippen LogP contribution in [0.4, 0.5) is 10.1 Å². The van der Waals surface area contributed by atoms with Crippen molar-refractivity contribution in [3.63, 3.8) is 0 Å². The number of anilines is 1. The van der Waals surface area contributed by atoms with Crippen molar-refractivity contribution in [2.45, 2.75) is 6.92 Å². The average molecular weight is 389 g/mol. The van der Waals surface area contributed by atoms with Crippen LogP contribution in [0.15, 0.2) is 24.3 Å². The van der Waals surface area contributed by atoms with Gasteiger partial charge in [0, 0.05) is 32.7 Å². The number of H-pyrrole nitrogens is 1. The summed E-state index contributed by atoms with van der Waals surface area (Å²) in [6.45, 7) is 3.70. The lowest BCUT2D eigenvalue weighted by molar-refractivity contribution is 0.0295. The molecule has 1 N–H and O–H groups in total. The molecule has 3 rings (SSSR count). The first kappa shape index (κ1) is 19.9. The molecule has 2 aromatic rings. The lowest BCUT2D eigenvalue weighted by atomic mass is 10.1. The molecule has 0 bridgehead atoms. The highest BCUT2D eigenvalue weighted by Crippen LogP contribution is 2.36. The molecule has 28 heavy (non-hydrogen) atoms. The van der Waals surface area contributed by atoms with Gasteiger partial charge in [-0.2, -0.15) is 0 Å². The standard InChI is InChI=1S/C20H24FN3O4/c1-4-28-20(26)15-17(19(25)24-9-11-27-12-10-24)22-16(18(15)23(2)3)13-5-7-14(21)8-6-13/h5-8,22H,4,9-12H2,1-3H3. The Morgan fingerprint density at radius 2 is 1.86 bits per heavy atom. The van der Waals surface area contributed by atoms with Crippen LogP contribution in [0.3, 0.4) is 0 Å². The summed E-state index contributed by atoms with van der Waals surface area (Å²) in [5.41, 5.74) is 2.11. The molecule has 7 nitrogen and oxygen atoms in total. The van der Waals surface area contributed by atoms with Gasteiger partial charge < -0.3 is 24.3 Å². The molecule has 1 aliphatic rings. The summed E-state index contributed by atoms with van der Waals surface area (Å²) in [7, 11) is 3.56. The Hall–Kier alpha value is -2.87. The molecule has 0 radical (unpaired) electrons. The van der Waals surface area contributed by atoms with E-state index in [9.17, 15) is 14.0 Å². The van der Waals surface area contributed by atoms with E-state index in [4.69, 9.17) is 9.47 Å². The maximum atomic E-state index is 13.4. The van der Waals surface area contributed by atoms with E-state index in [0.29, 0.717) is 43.2 Å². The van der Waals surface area contributed by atoms with E-state index in [1.807, 2.05) is 0 Å². The number of halogens is 1. The highest BCUT2D eigenvalue weighted by Gasteiger charge is 2.32. The largest absolute Gasteiger partial charge is 0.462 e. The van der Waals surface area contributed by atoms with Crippen molar-refractivity contribution >= 4 is 17.6 Å². The molecule has 1 amide bonds. The second kappa shape index (κ2) is 8.43. The van der Waals surface area contributed by atoms with Gasteiger partial charge in [0.2, 0.25) is 0 Å². The smallest absolute Gasteiger partial charge is 0.342 e. The molecule has 150 valence electrons. The monoisotopic (exact) mass is 389 g/mol. The molecular weight excluding hydrogens is 365 g/mol. The molecule has 1 aromatic carbocycles. The maximum absolute atomic E-state index is 13.4. The third-order valence-corrected chi connectivity index (χ3v) is 4.55. The summed E-state index contributed by atoms with van der Waals surface area (Å²) >= 11 is 0. The van der Waals surface area contributed by atoms with E-state index in [1.165, 1.54) is 12.1 Å². The molecule has 1 aromatic heterocycles.